The zero-order valence-electron chi connectivity index (χ0n) is 13.0. The minimum absolute atomic E-state index is 0.0491. The van der Waals surface area contributed by atoms with Crippen molar-refractivity contribution in [3.8, 4) is 11.5 Å². The average Bonchev–Trinajstić information content (AvgIpc) is 2.50. The topological polar surface area (TPSA) is 47.6 Å². The van der Waals surface area contributed by atoms with Gasteiger partial charge in [0.15, 0.2) is 11.5 Å². The number of hydrogen-bond donors (Lipinski definition) is 1. The number of rotatable bonds is 5. The number of ether oxygens (including phenoxy) is 2. The summed E-state index contributed by atoms with van der Waals surface area (Å²) in [6, 6.07) is 10.7. The number of nitrogens with one attached hydrogen (secondary N) is 1. The van der Waals surface area contributed by atoms with Crippen LogP contribution in [0.4, 0.5) is 5.69 Å². The quantitative estimate of drug-likeness (QED) is 0.660. The third-order valence-corrected chi connectivity index (χ3v) is 4.19. The van der Waals surface area contributed by atoms with E-state index in [0.29, 0.717) is 22.1 Å². The third-order valence-electron chi connectivity index (χ3n) is 2.97. The largest absolute Gasteiger partial charge is 0.493 e. The highest BCUT2D eigenvalue weighted by Gasteiger charge is 2.17. The molecule has 0 heterocycles. The zero-order valence-corrected chi connectivity index (χ0v) is 15.9. The fourth-order valence-electron chi connectivity index (χ4n) is 1.96. The highest BCUT2D eigenvalue weighted by molar-refractivity contribution is 14.1. The highest BCUT2D eigenvalue weighted by atomic mass is 127. The lowest BCUT2D eigenvalue weighted by Gasteiger charge is -2.16. The lowest BCUT2D eigenvalue weighted by Crippen LogP contribution is -2.14. The van der Waals surface area contributed by atoms with Gasteiger partial charge in [-0.15, -0.1) is 0 Å². The van der Waals surface area contributed by atoms with E-state index in [9.17, 15) is 4.79 Å². The van der Waals surface area contributed by atoms with Gasteiger partial charge in [0.05, 0.1) is 23.9 Å². The molecule has 0 saturated carbocycles. The second-order valence-electron chi connectivity index (χ2n) is 5.09. The molecule has 0 aromatic heterocycles. The van der Waals surface area contributed by atoms with E-state index in [0.717, 1.165) is 9.26 Å². The molecule has 0 spiro atoms. The van der Waals surface area contributed by atoms with Crippen molar-refractivity contribution in [3.63, 3.8) is 0 Å². The molecule has 1 amide bonds. The first-order valence-electron chi connectivity index (χ1n) is 7.02. The molecule has 6 heteroatoms. The van der Waals surface area contributed by atoms with Crippen molar-refractivity contribution >= 4 is 45.8 Å². The molecule has 0 saturated heterocycles. The van der Waals surface area contributed by atoms with Crippen molar-refractivity contribution in [2.24, 2.45) is 0 Å². The van der Waals surface area contributed by atoms with Gasteiger partial charge >= 0.3 is 0 Å². The molecule has 0 radical (unpaired) electrons. The Morgan fingerprint density at radius 3 is 2.57 bits per heavy atom. The zero-order chi connectivity index (χ0) is 17.0. The van der Waals surface area contributed by atoms with Crippen molar-refractivity contribution in [3.05, 3.63) is 50.6 Å². The Bertz CT molecular complexity index is 719. The van der Waals surface area contributed by atoms with Crippen LogP contribution < -0.4 is 14.8 Å². The molecule has 122 valence electrons. The molecule has 0 aliphatic rings. The summed E-state index contributed by atoms with van der Waals surface area (Å²) in [7, 11) is 1.51. The number of amides is 1. The van der Waals surface area contributed by atoms with Crippen LogP contribution in [0.2, 0.25) is 5.02 Å². The van der Waals surface area contributed by atoms with Crippen LogP contribution in [0.5, 0.6) is 11.5 Å². The van der Waals surface area contributed by atoms with Gasteiger partial charge in [-0.3, -0.25) is 4.79 Å². The lowest BCUT2D eigenvalue weighted by atomic mass is 10.1. The van der Waals surface area contributed by atoms with Crippen LogP contribution in [0, 0.1) is 3.57 Å². The molecular weight excluding hydrogens is 429 g/mol. The molecular formula is C17H17ClINO3. The average molecular weight is 446 g/mol. The molecule has 4 nitrogen and oxygen atoms in total. The number of para-hydroxylation sites is 1. The standard InChI is InChI=1S/C17H17ClINO3/c1-10(2)23-16-12(18)8-11(9-15(16)22-3)17(21)20-14-7-5-4-6-13(14)19/h4-10H,1-3H3,(H,20,21). The van der Waals surface area contributed by atoms with Gasteiger partial charge in [0, 0.05) is 9.13 Å². The van der Waals surface area contributed by atoms with Gasteiger partial charge in [-0.25, -0.2) is 0 Å². The maximum Gasteiger partial charge on any atom is 0.255 e. The van der Waals surface area contributed by atoms with Crippen molar-refractivity contribution in [2.45, 2.75) is 20.0 Å². The maximum absolute atomic E-state index is 12.5. The number of hydrogen-bond acceptors (Lipinski definition) is 3. The van der Waals surface area contributed by atoms with Gasteiger partial charge < -0.3 is 14.8 Å². The van der Waals surface area contributed by atoms with E-state index in [2.05, 4.69) is 27.9 Å². The molecule has 1 N–H and O–H groups in total. The summed E-state index contributed by atoms with van der Waals surface area (Å²) in [5, 5.41) is 3.20. The van der Waals surface area contributed by atoms with Crippen LogP contribution in [-0.4, -0.2) is 19.1 Å². The Balaban J connectivity index is 2.31. The number of benzene rings is 2. The van der Waals surface area contributed by atoms with E-state index < -0.39 is 0 Å². The number of methoxy groups -OCH3 is 1. The first-order valence-corrected chi connectivity index (χ1v) is 8.48. The van der Waals surface area contributed by atoms with Crippen molar-refractivity contribution in [1.82, 2.24) is 0 Å². The summed E-state index contributed by atoms with van der Waals surface area (Å²) in [6.45, 7) is 3.79. The number of carbonyl (C=O) groups is 1. The predicted octanol–water partition coefficient (Wildman–Crippen LogP) is 4.99. The summed E-state index contributed by atoms with van der Waals surface area (Å²) >= 11 is 8.42. The maximum atomic E-state index is 12.5. The van der Waals surface area contributed by atoms with Crippen LogP contribution in [0.3, 0.4) is 0 Å². The fourth-order valence-corrected chi connectivity index (χ4v) is 2.74. The molecule has 2 rings (SSSR count). The van der Waals surface area contributed by atoms with Crippen LogP contribution in [0.1, 0.15) is 24.2 Å². The minimum atomic E-state index is -0.259. The molecule has 2 aromatic rings. The van der Waals surface area contributed by atoms with Crippen molar-refractivity contribution < 1.29 is 14.3 Å². The van der Waals surface area contributed by atoms with Crippen LogP contribution in [-0.2, 0) is 0 Å². The number of halogens is 2. The van der Waals surface area contributed by atoms with Gasteiger partial charge in [0.2, 0.25) is 0 Å². The Labute approximate surface area is 154 Å². The SMILES string of the molecule is COc1cc(C(=O)Nc2ccccc2I)cc(Cl)c1OC(C)C. The van der Waals surface area contributed by atoms with E-state index in [1.165, 1.54) is 7.11 Å². The normalized spacial score (nSPS) is 10.5. The number of anilines is 1. The summed E-state index contributed by atoms with van der Waals surface area (Å²) in [6.07, 6.45) is -0.0491. The molecule has 0 fully saturated rings. The molecule has 0 unspecified atom stereocenters. The Morgan fingerprint density at radius 1 is 1.26 bits per heavy atom. The summed E-state index contributed by atoms with van der Waals surface area (Å²) in [4.78, 5) is 12.5. The first kappa shape index (κ1) is 17.9. The molecule has 2 aromatic carbocycles. The minimum Gasteiger partial charge on any atom is -0.493 e. The fraction of sp³-hybridized carbons (Fsp3) is 0.235. The van der Waals surface area contributed by atoms with Gasteiger partial charge in [-0.05, 0) is 60.7 Å². The smallest absolute Gasteiger partial charge is 0.255 e. The molecule has 0 aliphatic carbocycles. The second-order valence-corrected chi connectivity index (χ2v) is 6.66. The Morgan fingerprint density at radius 2 is 1.96 bits per heavy atom. The van der Waals surface area contributed by atoms with Crippen LogP contribution in [0.25, 0.3) is 0 Å². The second kappa shape index (κ2) is 7.88. The number of carbonyl (C=O) groups excluding carboxylic acids is 1. The third kappa shape index (κ3) is 4.51. The molecule has 0 atom stereocenters. The van der Waals surface area contributed by atoms with Crippen LogP contribution >= 0.6 is 34.2 Å². The van der Waals surface area contributed by atoms with Gasteiger partial charge in [-0.1, -0.05) is 23.7 Å². The summed E-state index contributed by atoms with van der Waals surface area (Å²) in [5.41, 5.74) is 1.15. The Kier molecular flexibility index (Phi) is 6.12. The van der Waals surface area contributed by atoms with E-state index >= 15 is 0 Å². The molecule has 23 heavy (non-hydrogen) atoms. The highest BCUT2D eigenvalue weighted by Crippen LogP contribution is 2.37. The predicted molar refractivity (Wildman–Crippen MR) is 101 cm³/mol. The van der Waals surface area contributed by atoms with E-state index in [4.69, 9.17) is 21.1 Å². The summed E-state index contributed by atoms with van der Waals surface area (Å²) < 4.78 is 11.9. The van der Waals surface area contributed by atoms with Gasteiger partial charge in [-0.2, -0.15) is 0 Å². The first-order chi connectivity index (χ1) is 10.9. The van der Waals surface area contributed by atoms with E-state index in [-0.39, 0.29) is 12.0 Å². The monoisotopic (exact) mass is 445 g/mol. The van der Waals surface area contributed by atoms with E-state index in [1.54, 1.807) is 12.1 Å². The Hall–Kier alpha value is -1.47. The van der Waals surface area contributed by atoms with Crippen molar-refractivity contribution in [2.75, 3.05) is 12.4 Å². The van der Waals surface area contributed by atoms with Gasteiger partial charge in [0.1, 0.15) is 0 Å². The lowest BCUT2D eigenvalue weighted by molar-refractivity contribution is 0.102. The molecule has 0 bridgehead atoms. The van der Waals surface area contributed by atoms with Gasteiger partial charge in [0.25, 0.3) is 5.91 Å². The molecule has 0 aliphatic heterocycles. The van der Waals surface area contributed by atoms with Crippen molar-refractivity contribution in [1.29, 1.82) is 0 Å². The van der Waals surface area contributed by atoms with E-state index in [1.807, 2.05) is 38.1 Å². The summed E-state index contributed by atoms with van der Waals surface area (Å²) in [5.74, 6) is 0.611. The van der Waals surface area contributed by atoms with Crippen LogP contribution in [0.15, 0.2) is 36.4 Å².